The second kappa shape index (κ2) is 12.7. The SMILES string of the molecule is CCC(C)C(NC(=O)C(Cc1cnc[nH]1)NC(=O)C(N)CC(C)C)C(=O)NCC(=O)O. The van der Waals surface area contributed by atoms with E-state index in [1.807, 2.05) is 20.8 Å². The van der Waals surface area contributed by atoms with Gasteiger partial charge in [-0.15, -0.1) is 0 Å². The van der Waals surface area contributed by atoms with E-state index < -0.39 is 48.4 Å². The summed E-state index contributed by atoms with van der Waals surface area (Å²) in [4.78, 5) is 55.6. The lowest BCUT2D eigenvalue weighted by Crippen LogP contribution is -2.58. The fraction of sp³-hybridized carbons (Fsp3) is 0.650. The Morgan fingerprint density at radius 1 is 1.13 bits per heavy atom. The summed E-state index contributed by atoms with van der Waals surface area (Å²) in [5, 5.41) is 16.4. The van der Waals surface area contributed by atoms with Gasteiger partial charge in [0.15, 0.2) is 0 Å². The van der Waals surface area contributed by atoms with E-state index in [-0.39, 0.29) is 18.3 Å². The number of aromatic amines is 1. The molecule has 0 aromatic carbocycles. The molecule has 174 valence electrons. The molecule has 0 saturated heterocycles. The zero-order valence-electron chi connectivity index (χ0n) is 18.5. The summed E-state index contributed by atoms with van der Waals surface area (Å²) >= 11 is 0. The second-order valence-electron chi connectivity index (χ2n) is 8.06. The van der Waals surface area contributed by atoms with E-state index in [1.54, 1.807) is 6.92 Å². The summed E-state index contributed by atoms with van der Waals surface area (Å²) in [6.45, 7) is 6.94. The number of nitrogens with two attached hydrogens (primary N) is 1. The van der Waals surface area contributed by atoms with Crippen LogP contribution in [-0.2, 0) is 25.6 Å². The summed E-state index contributed by atoms with van der Waals surface area (Å²) in [5.41, 5.74) is 6.56. The smallest absolute Gasteiger partial charge is 0.322 e. The Balaban J connectivity index is 2.97. The average molecular weight is 439 g/mol. The van der Waals surface area contributed by atoms with E-state index in [1.165, 1.54) is 12.5 Å². The lowest BCUT2D eigenvalue weighted by molar-refractivity contribution is -0.139. The van der Waals surface area contributed by atoms with Gasteiger partial charge in [-0.3, -0.25) is 19.2 Å². The maximum absolute atomic E-state index is 13.0. The summed E-state index contributed by atoms with van der Waals surface area (Å²) in [7, 11) is 0. The molecule has 3 amide bonds. The Morgan fingerprint density at radius 2 is 1.81 bits per heavy atom. The van der Waals surface area contributed by atoms with Gasteiger partial charge in [0, 0.05) is 18.3 Å². The van der Waals surface area contributed by atoms with Crippen LogP contribution < -0.4 is 21.7 Å². The molecule has 0 spiro atoms. The molecule has 11 nitrogen and oxygen atoms in total. The van der Waals surface area contributed by atoms with Crippen LogP contribution in [0.5, 0.6) is 0 Å². The molecule has 7 N–H and O–H groups in total. The first kappa shape index (κ1) is 26.1. The van der Waals surface area contributed by atoms with E-state index in [0.29, 0.717) is 18.5 Å². The van der Waals surface area contributed by atoms with Gasteiger partial charge in [-0.05, 0) is 18.3 Å². The molecule has 0 aliphatic heterocycles. The largest absolute Gasteiger partial charge is 0.480 e. The molecule has 4 unspecified atom stereocenters. The normalized spacial score (nSPS) is 14.9. The van der Waals surface area contributed by atoms with Crippen LogP contribution in [0.1, 0.15) is 46.2 Å². The monoisotopic (exact) mass is 438 g/mol. The number of nitrogens with one attached hydrogen (secondary N) is 4. The van der Waals surface area contributed by atoms with E-state index >= 15 is 0 Å². The number of carbonyl (C=O) groups excluding carboxylic acids is 3. The number of nitrogens with zero attached hydrogens (tertiary/aromatic N) is 1. The van der Waals surface area contributed by atoms with Crippen LogP contribution in [0.15, 0.2) is 12.5 Å². The molecule has 0 radical (unpaired) electrons. The molecule has 0 saturated carbocycles. The minimum Gasteiger partial charge on any atom is -0.480 e. The number of hydrogen-bond acceptors (Lipinski definition) is 6. The van der Waals surface area contributed by atoms with Gasteiger partial charge in [0.2, 0.25) is 17.7 Å². The van der Waals surface area contributed by atoms with Gasteiger partial charge in [0.05, 0.1) is 12.4 Å². The average Bonchev–Trinajstić information content (AvgIpc) is 3.21. The van der Waals surface area contributed by atoms with Crippen molar-refractivity contribution in [3.05, 3.63) is 18.2 Å². The van der Waals surface area contributed by atoms with Crippen LogP contribution >= 0.6 is 0 Å². The Kier molecular flexibility index (Phi) is 10.7. The number of H-pyrrole nitrogens is 1. The molecule has 1 heterocycles. The Bertz CT molecular complexity index is 736. The van der Waals surface area contributed by atoms with Crippen molar-refractivity contribution in [1.29, 1.82) is 0 Å². The maximum Gasteiger partial charge on any atom is 0.322 e. The molecular weight excluding hydrogens is 404 g/mol. The number of aliphatic carboxylic acids is 1. The van der Waals surface area contributed by atoms with Crippen LogP contribution in [-0.4, -0.2) is 63.4 Å². The summed E-state index contributed by atoms with van der Waals surface area (Å²) in [5.74, 6) is -2.89. The van der Waals surface area contributed by atoms with Gasteiger partial charge in [-0.25, -0.2) is 4.98 Å². The van der Waals surface area contributed by atoms with Crippen LogP contribution in [0, 0.1) is 11.8 Å². The van der Waals surface area contributed by atoms with E-state index in [4.69, 9.17) is 10.8 Å². The van der Waals surface area contributed by atoms with Crippen molar-refractivity contribution in [3.8, 4) is 0 Å². The van der Waals surface area contributed by atoms with E-state index in [2.05, 4.69) is 25.9 Å². The van der Waals surface area contributed by atoms with Gasteiger partial charge in [0.1, 0.15) is 18.6 Å². The maximum atomic E-state index is 13.0. The molecule has 0 aliphatic carbocycles. The van der Waals surface area contributed by atoms with Gasteiger partial charge in [0.25, 0.3) is 0 Å². The topological polar surface area (TPSA) is 179 Å². The Hall–Kier alpha value is -2.95. The van der Waals surface area contributed by atoms with E-state index in [0.717, 1.165) is 0 Å². The molecule has 1 rings (SSSR count). The molecule has 0 aliphatic rings. The highest BCUT2D eigenvalue weighted by molar-refractivity contribution is 5.93. The van der Waals surface area contributed by atoms with E-state index in [9.17, 15) is 19.2 Å². The summed E-state index contributed by atoms with van der Waals surface area (Å²) in [6, 6.07) is -2.73. The van der Waals surface area contributed by atoms with Crippen molar-refractivity contribution in [1.82, 2.24) is 25.9 Å². The predicted octanol–water partition coefficient (Wildman–Crippen LogP) is -0.458. The summed E-state index contributed by atoms with van der Waals surface area (Å²) < 4.78 is 0. The highest BCUT2D eigenvalue weighted by atomic mass is 16.4. The number of aromatic nitrogens is 2. The van der Waals surface area contributed by atoms with Crippen molar-refractivity contribution in [2.45, 2.75) is 65.1 Å². The Morgan fingerprint density at radius 3 is 2.32 bits per heavy atom. The number of imidazole rings is 1. The van der Waals surface area contributed by atoms with Gasteiger partial charge < -0.3 is 31.8 Å². The molecular formula is C20H34N6O5. The number of hydrogen-bond donors (Lipinski definition) is 6. The molecule has 31 heavy (non-hydrogen) atoms. The lowest BCUT2D eigenvalue weighted by Gasteiger charge is -2.27. The minimum atomic E-state index is -1.19. The molecule has 11 heteroatoms. The third kappa shape index (κ3) is 9.16. The fourth-order valence-electron chi connectivity index (χ4n) is 2.95. The summed E-state index contributed by atoms with van der Waals surface area (Å²) in [6.07, 6.45) is 4.14. The molecule has 4 atom stereocenters. The minimum absolute atomic E-state index is 0.121. The third-order valence-electron chi connectivity index (χ3n) is 4.88. The van der Waals surface area contributed by atoms with Crippen molar-refractivity contribution >= 4 is 23.7 Å². The first-order chi connectivity index (χ1) is 14.5. The first-order valence-corrected chi connectivity index (χ1v) is 10.4. The number of rotatable bonds is 13. The van der Waals surface area contributed by atoms with Gasteiger partial charge in [-0.1, -0.05) is 34.1 Å². The highest BCUT2D eigenvalue weighted by Crippen LogP contribution is 2.10. The van der Waals surface area contributed by atoms with Crippen LogP contribution in [0.3, 0.4) is 0 Å². The first-order valence-electron chi connectivity index (χ1n) is 10.4. The number of carbonyl (C=O) groups is 4. The molecule has 1 aromatic rings. The lowest BCUT2D eigenvalue weighted by atomic mass is 9.97. The third-order valence-corrected chi connectivity index (χ3v) is 4.88. The zero-order valence-corrected chi connectivity index (χ0v) is 18.5. The molecule has 0 fully saturated rings. The van der Waals surface area contributed by atoms with Crippen LogP contribution in [0.4, 0.5) is 0 Å². The van der Waals surface area contributed by atoms with Crippen molar-refractivity contribution < 1.29 is 24.3 Å². The fourth-order valence-corrected chi connectivity index (χ4v) is 2.95. The van der Waals surface area contributed by atoms with Gasteiger partial charge >= 0.3 is 5.97 Å². The van der Waals surface area contributed by atoms with Crippen molar-refractivity contribution in [3.63, 3.8) is 0 Å². The van der Waals surface area contributed by atoms with Crippen molar-refractivity contribution in [2.75, 3.05) is 6.54 Å². The number of amides is 3. The zero-order chi connectivity index (χ0) is 23.6. The van der Waals surface area contributed by atoms with Crippen LogP contribution in [0.25, 0.3) is 0 Å². The predicted molar refractivity (Wildman–Crippen MR) is 114 cm³/mol. The number of carboxylic acids is 1. The second-order valence-corrected chi connectivity index (χ2v) is 8.06. The quantitative estimate of drug-likeness (QED) is 0.241. The van der Waals surface area contributed by atoms with Crippen LogP contribution in [0.2, 0.25) is 0 Å². The molecule has 0 bridgehead atoms. The Labute approximate surface area is 181 Å². The number of carboxylic acid groups (broad SMARTS) is 1. The van der Waals surface area contributed by atoms with Crippen molar-refractivity contribution in [2.24, 2.45) is 17.6 Å². The highest BCUT2D eigenvalue weighted by Gasteiger charge is 2.31. The van der Waals surface area contributed by atoms with Gasteiger partial charge in [-0.2, -0.15) is 0 Å². The molecule has 1 aromatic heterocycles. The standard InChI is InChI=1S/C20H34N6O5/c1-5-12(4)17(20(31)23-9-16(27)28)26-19(30)15(7-13-8-22-10-24-13)25-18(29)14(21)6-11(2)3/h8,10-12,14-15,17H,5-7,9,21H2,1-4H3,(H,22,24)(H,23,31)(H,25,29)(H,26,30)(H,27,28).